The van der Waals surface area contributed by atoms with Crippen molar-refractivity contribution in [2.45, 2.75) is 6.30 Å². The molecule has 0 rings (SSSR count). The summed E-state index contributed by atoms with van der Waals surface area (Å²) in [7, 11) is 0. The van der Waals surface area contributed by atoms with Crippen molar-refractivity contribution in [2.75, 3.05) is 5.75 Å². The van der Waals surface area contributed by atoms with E-state index >= 15 is 0 Å². The summed E-state index contributed by atoms with van der Waals surface area (Å²) in [5, 5.41) is 0.753. The van der Waals surface area contributed by atoms with Crippen molar-refractivity contribution >= 4 is 18.5 Å². The predicted octanol–water partition coefficient (Wildman–Crippen LogP) is 0.552. The van der Waals surface area contributed by atoms with Crippen LogP contribution in [0.2, 0.25) is 0 Å². The highest BCUT2D eigenvalue weighted by molar-refractivity contribution is 7.81. The molecule has 0 saturated heterocycles. The Morgan fingerprint density at radius 1 is 1.56 bits per heavy atom. The van der Waals surface area contributed by atoms with E-state index in [2.05, 4.69) is 12.6 Å². The third-order valence-corrected chi connectivity index (χ3v) is 0.712. The van der Waals surface area contributed by atoms with E-state index in [1.165, 1.54) is 0 Å². The second-order valence-electron chi connectivity index (χ2n) is 1.20. The predicted molar refractivity (Wildman–Crippen MR) is 28.1 cm³/mol. The standard InChI is InChI=1S/C3H4F3NOS/c4-3(5,6)7-2(8)1-9/h9H,1H2,(H,7,8). The van der Waals surface area contributed by atoms with Crippen LogP contribution < -0.4 is 5.32 Å². The lowest BCUT2D eigenvalue weighted by Gasteiger charge is -2.05. The number of thiol groups is 1. The molecule has 0 bridgehead atoms. The summed E-state index contributed by atoms with van der Waals surface area (Å²) in [6.07, 6.45) is -4.63. The molecular formula is C3H4F3NOS. The van der Waals surface area contributed by atoms with E-state index in [0.29, 0.717) is 0 Å². The molecule has 0 unspecified atom stereocenters. The van der Waals surface area contributed by atoms with Gasteiger partial charge < -0.3 is 0 Å². The van der Waals surface area contributed by atoms with Gasteiger partial charge in [0, 0.05) is 0 Å². The second kappa shape index (κ2) is 2.95. The fourth-order valence-electron chi connectivity index (χ4n) is 0.198. The van der Waals surface area contributed by atoms with Gasteiger partial charge in [0.25, 0.3) is 0 Å². The number of carbonyl (C=O) groups is 1. The molecule has 0 atom stereocenters. The first-order chi connectivity index (χ1) is 3.95. The summed E-state index contributed by atoms with van der Waals surface area (Å²) in [6.45, 7) is 0. The average molecular weight is 159 g/mol. The maximum atomic E-state index is 11.1. The highest BCUT2D eigenvalue weighted by Gasteiger charge is 2.28. The summed E-state index contributed by atoms with van der Waals surface area (Å²) >= 11 is 3.32. The van der Waals surface area contributed by atoms with Crippen molar-refractivity contribution in [1.82, 2.24) is 5.32 Å². The Kier molecular flexibility index (Phi) is 2.83. The smallest absolute Gasteiger partial charge is 0.274 e. The summed E-state index contributed by atoms with van der Waals surface area (Å²) in [6, 6.07) is 0. The number of carbonyl (C=O) groups excluding carboxylic acids is 1. The highest BCUT2D eigenvalue weighted by Crippen LogP contribution is 2.08. The van der Waals surface area contributed by atoms with E-state index in [1.54, 1.807) is 0 Å². The first-order valence-corrected chi connectivity index (χ1v) is 2.57. The van der Waals surface area contributed by atoms with Gasteiger partial charge in [0.1, 0.15) is 0 Å². The van der Waals surface area contributed by atoms with E-state index in [0.717, 1.165) is 5.32 Å². The van der Waals surface area contributed by atoms with E-state index in [9.17, 15) is 18.0 Å². The van der Waals surface area contributed by atoms with Crippen LogP contribution in [0.4, 0.5) is 13.2 Å². The molecule has 0 aliphatic carbocycles. The molecule has 54 valence electrons. The zero-order chi connectivity index (χ0) is 7.49. The van der Waals surface area contributed by atoms with Crippen molar-refractivity contribution in [3.05, 3.63) is 0 Å². The Morgan fingerprint density at radius 3 is 2.11 bits per heavy atom. The summed E-state index contributed by atoms with van der Waals surface area (Å²) in [5.41, 5.74) is 0. The minimum absolute atomic E-state index is 0.459. The molecule has 0 saturated carbocycles. The largest absolute Gasteiger partial charge is 0.484 e. The van der Waals surface area contributed by atoms with Crippen LogP contribution in [-0.4, -0.2) is 18.0 Å². The van der Waals surface area contributed by atoms with Crippen LogP contribution in [0.3, 0.4) is 0 Å². The highest BCUT2D eigenvalue weighted by atomic mass is 32.1. The van der Waals surface area contributed by atoms with E-state index in [4.69, 9.17) is 0 Å². The number of rotatable bonds is 1. The average Bonchev–Trinajstić information content (AvgIpc) is 1.62. The van der Waals surface area contributed by atoms with Gasteiger partial charge in [0.2, 0.25) is 5.91 Å². The Hall–Kier alpha value is -0.390. The van der Waals surface area contributed by atoms with Crippen LogP contribution in [0.15, 0.2) is 0 Å². The summed E-state index contributed by atoms with van der Waals surface area (Å²) in [5.74, 6) is -1.61. The van der Waals surface area contributed by atoms with Crippen LogP contribution in [-0.2, 0) is 4.79 Å². The Labute approximate surface area is 54.8 Å². The van der Waals surface area contributed by atoms with Gasteiger partial charge in [0.15, 0.2) is 0 Å². The molecule has 2 nitrogen and oxygen atoms in total. The van der Waals surface area contributed by atoms with Crippen molar-refractivity contribution in [1.29, 1.82) is 0 Å². The second-order valence-corrected chi connectivity index (χ2v) is 1.52. The van der Waals surface area contributed by atoms with E-state index in [-0.39, 0.29) is 0 Å². The summed E-state index contributed by atoms with van der Waals surface area (Å²) in [4.78, 5) is 9.92. The molecule has 1 amide bonds. The molecule has 9 heavy (non-hydrogen) atoms. The molecule has 0 aliphatic rings. The van der Waals surface area contributed by atoms with Crippen LogP contribution in [0.5, 0.6) is 0 Å². The molecule has 0 heterocycles. The van der Waals surface area contributed by atoms with Gasteiger partial charge in [-0.15, -0.1) is 0 Å². The normalized spacial score (nSPS) is 11.1. The van der Waals surface area contributed by atoms with E-state index in [1.807, 2.05) is 0 Å². The quantitative estimate of drug-likeness (QED) is 0.424. The SMILES string of the molecule is O=C(CS)NC(F)(F)F. The molecule has 0 aromatic rings. The lowest BCUT2D eigenvalue weighted by atomic mass is 10.7. The number of hydrogen-bond donors (Lipinski definition) is 2. The molecule has 1 N–H and O–H groups in total. The third-order valence-electron chi connectivity index (χ3n) is 0.425. The van der Waals surface area contributed by atoms with Crippen LogP contribution in [0.1, 0.15) is 0 Å². The molecule has 0 spiro atoms. The van der Waals surface area contributed by atoms with Crippen LogP contribution in [0.25, 0.3) is 0 Å². The topological polar surface area (TPSA) is 29.1 Å². The first-order valence-electron chi connectivity index (χ1n) is 1.94. The van der Waals surface area contributed by atoms with Crippen LogP contribution in [0, 0.1) is 0 Å². The number of amides is 1. The molecule has 0 fully saturated rings. The molecular weight excluding hydrogens is 155 g/mol. The van der Waals surface area contributed by atoms with Gasteiger partial charge in [-0.05, 0) is 0 Å². The lowest BCUT2D eigenvalue weighted by molar-refractivity contribution is -0.167. The van der Waals surface area contributed by atoms with Gasteiger partial charge in [-0.25, -0.2) is 0 Å². The van der Waals surface area contributed by atoms with Gasteiger partial charge in [-0.3, -0.25) is 10.1 Å². The maximum Gasteiger partial charge on any atom is 0.484 e. The van der Waals surface area contributed by atoms with Gasteiger partial charge in [-0.1, -0.05) is 0 Å². The number of alkyl halides is 3. The van der Waals surface area contributed by atoms with Crippen LogP contribution >= 0.6 is 12.6 Å². The number of hydrogen-bond acceptors (Lipinski definition) is 2. The van der Waals surface area contributed by atoms with Gasteiger partial charge >= 0.3 is 6.30 Å². The molecule has 0 aliphatic heterocycles. The Morgan fingerprint density at radius 2 is 2.00 bits per heavy atom. The zero-order valence-electron chi connectivity index (χ0n) is 4.20. The third kappa shape index (κ3) is 5.48. The minimum atomic E-state index is -4.63. The van der Waals surface area contributed by atoms with Crippen molar-refractivity contribution in [2.24, 2.45) is 0 Å². The van der Waals surface area contributed by atoms with Gasteiger partial charge in [0.05, 0.1) is 5.75 Å². The van der Waals surface area contributed by atoms with E-state index < -0.39 is 18.0 Å². The van der Waals surface area contributed by atoms with Crippen molar-refractivity contribution in [3.63, 3.8) is 0 Å². The molecule has 0 radical (unpaired) electrons. The maximum absolute atomic E-state index is 11.1. The molecule has 0 aromatic heterocycles. The molecule has 0 aromatic carbocycles. The fourth-order valence-corrected chi connectivity index (χ4v) is 0.277. The zero-order valence-corrected chi connectivity index (χ0v) is 5.09. The fraction of sp³-hybridized carbons (Fsp3) is 0.667. The van der Waals surface area contributed by atoms with Crippen molar-refractivity contribution < 1.29 is 18.0 Å². The number of nitrogens with one attached hydrogen (secondary N) is 1. The van der Waals surface area contributed by atoms with Gasteiger partial charge in [-0.2, -0.15) is 25.8 Å². The first kappa shape index (κ1) is 8.61. The molecule has 6 heteroatoms. The lowest BCUT2D eigenvalue weighted by Crippen LogP contribution is -2.37. The monoisotopic (exact) mass is 159 g/mol. The minimum Gasteiger partial charge on any atom is -0.274 e. The Bertz CT molecular complexity index is 112. The Balaban J connectivity index is 3.60. The summed E-state index contributed by atoms with van der Waals surface area (Å²) < 4.78 is 33.4. The number of halogens is 3. The van der Waals surface area contributed by atoms with Crippen molar-refractivity contribution in [3.8, 4) is 0 Å².